The van der Waals surface area contributed by atoms with Gasteiger partial charge in [0, 0.05) is 0 Å². The minimum atomic E-state index is -0.0440. The Morgan fingerprint density at radius 2 is 2.04 bits per heavy atom. The number of fused-ring (bicyclic) bond motifs is 1. The Morgan fingerprint density at radius 3 is 2.70 bits per heavy atom. The third kappa shape index (κ3) is 2.95. The molecular weight excluding hydrogens is 294 g/mol. The first kappa shape index (κ1) is 15.2. The maximum Gasteiger partial charge on any atom is 0.168 e. The summed E-state index contributed by atoms with van der Waals surface area (Å²) in [6.45, 7) is 2.06. The highest BCUT2D eigenvalue weighted by molar-refractivity contribution is 5.87. The summed E-state index contributed by atoms with van der Waals surface area (Å²) in [6.07, 6.45) is 4.02. The van der Waals surface area contributed by atoms with Crippen LogP contribution in [-0.2, 0) is 0 Å². The highest BCUT2D eigenvalue weighted by Gasteiger charge is 2.13. The lowest BCUT2D eigenvalue weighted by atomic mass is 10.2. The van der Waals surface area contributed by atoms with E-state index in [2.05, 4.69) is 20.4 Å². The predicted molar refractivity (Wildman–Crippen MR) is 88.0 cm³/mol. The molecule has 7 nitrogen and oxygen atoms in total. The maximum atomic E-state index is 9.35. The van der Waals surface area contributed by atoms with Crippen molar-refractivity contribution in [3.05, 3.63) is 36.8 Å². The van der Waals surface area contributed by atoms with E-state index in [4.69, 9.17) is 4.74 Å². The molecule has 3 rings (SSSR count). The fourth-order valence-electron chi connectivity index (χ4n) is 2.34. The highest BCUT2D eigenvalue weighted by atomic mass is 16.5. The number of hydrogen-bond acceptors (Lipinski definition) is 6. The molecule has 0 aliphatic heterocycles. The summed E-state index contributed by atoms with van der Waals surface area (Å²) >= 11 is 0. The van der Waals surface area contributed by atoms with Gasteiger partial charge in [0.25, 0.3) is 0 Å². The van der Waals surface area contributed by atoms with Gasteiger partial charge in [0.1, 0.15) is 17.9 Å². The van der Waals surface area contributed by atoms with Gasteiger partial charge in [-0.05, 0) is 30.7 Å². The first-order valence-electron chi connectivity index (χ1n) is 7.47. The van der Waals surface area contributed by atoms with Crippen molar-refractivity contribution in [2.45, 2.75) is 19.4 Å². The lowest BCUT2D eigenvalue weighted by Crippen LogP contribution is -2.23. The molecule has 1 atom stereocenters. The number of rotatable bonds is 6. The average molecular weight is 313 g/mol. The number of hydrogen-bond donors (Lipinski definition) is 2. The highest BCUT2D eigenvalue weighted by Crippen LogP contribution is 2.23. The van der Waals surface area contributed by atoms with Crippen LogP contribution in [0.5, 0.6) is 5.75 Å². The first-order valence-corrected chi connectivity index (χ1v) is 7.47. The summed E-state index contributed by atoms with van der Waals surface area (Å²) in [6, 6.07) is 7.55. The number of ether oxygens (including phenoxy) is 1. The van der Waals surface area contributed by atoms with Gasteiger partial charge in [0.15, 0.2) is 5.65 Å². The molecule has 3 aromatic rings. The molecule has 0 radical (unpaired) electrons. The minimum Gasteiger partial charge on any atom is -0.497 e. The van der Waals surface area contributed by atoms with E-state index in [-0.39, 0.29) is 12.6 Å². The van der Waals surface area contributed by atoms with Gasteiger partial charge in [-0.3, -0.25) is 0 Å². The van der Waals surface area contributed by atoms with E-state index in [9.17, 15) is 5.11 Å². The van der Waals surface area contributed by atoms with Crippen molar-refractivity contribution in [1.82, 2.24) is 19.7 Å². The minimum absolute atomic E-state index is 0.0440. The van der Waals surface area contributed by atoms with Crippen molar-refractivity contribution < 1.29 is 9.84 Å². The zero-order valence-corrected chi connectivity index (χ0v) is 13.1. The van der Waals surface area contributed by atoms with Crippen LogP contribution in [0.25, 0.3) is 16.7 Å². The van der Waals surface area contributed by atoms with Crippen LogP contribution in [0.4, 0.5) is 5.82 Å². The Balaban J connectivity index is 2.00. The molecule has 0 amide bonds. The van der Waals surface area contributed by atoms with Crippen LogP contribution < -0.4 is 10.1 Å². The van der Waals surface area contributed by atoms with Crippen LogP contribution in [0.1, 0.15) is 13.3 Å². The van der Waals surface area contributed by atoms with Crippen LogP contribution in [0.15, 0.2) is 36.8 Å². The van der Waals surface area contributed by atoms with Crippen molar-refractivity contribution in [3.8, 4) is 11.4 Å². The summed E-state index contributed by atoms with van der Waals surface area (Å²) in [5, 5.41) is 17.8. The Morgan fingerprint density at radius 1 is 1.26 bits per heavy atom. The van der Waals surface area contributed by atoms with E-state index in [1.54, 1.807) is 18.0 Å². The quantitative estimate of drug-likeness (QED) is 0.724. The monoisotopic (exact) mass is 313 g/mol. The standard InChI is InChI=1S/C16H19N5O2/c1-3-11(9-22)20-15-14-8-19-21(16(14)18-10-17-15)12-4-6-13(23-2)7-5-12/h4-8,10-11,22H,3,9H2,1-2H3,(H,17,18,20)/t11-/m1/s1. The van der Waals surface area contributed by atoms with Crippen LogP contribution in [0.2, 0.25) is 0 Å². The predicted octanol–water partition coefficient (Wildman–Crippen LogP) is 2.01. The molecule has 0 unspecified atom stereocenters. The molecule has 0 fully saturated rings. The number of aliphatic hydroxyl groups excluding tert-OH is 1. The first-order chi connectivity index (χ1) is 11.3. The summed E-state index contributed by atoms with van der Waals surface area (Å²) in [7, 11) is 1.63. The van der Waals surface area contributed by atoms with Crippen LogP contribution >= 0.6 is 0 Å². The van der Waals surface area contributed by atoms with Gasteiger partial charge in [-0.25, -0.2) is 14.6 Å². The zero-order chi connectivity index (χ0) is 16.2. The van der Waals surface area contributed by atoms with Crippen molar-refractivity contribution in [3.63, 3.8) is 0 Å². The molecule has 0 aliphatic carbocycles. The average Bonchev–Trinajstić information content (AvgIpc) is 3.04. The number of nitrogens with zero attached hydrogens (tertiary/aromatic N) is 4. The second kappa shape index (κ2) is 6.62. The number of benzene rings is 1. The van der Waals surface area contributed by atoms with Crippen molar-refractivity contribution in [2.24, 2.45) is 0 Å². The summed E-state index contributed by atoms with van der Waals surface area (Å²) in [5.41, 5.74) is 1.60. The van der Waals surface area contributed by atoms with Crippen LogP contribution in [-0.4, -0.2) is 44.6 Å². The molecule has 2 aromatic heterocycles. The molecule has 1 aromatic carbocycles. The molecular formula is C16H19N5O2. The molecule has 120 valence electrons. The zero-order valence-electron chi connectivity index (χ0n) is 13.1. The Kier molecular flexibility index (Phi) is 4.38. The fourth-order valence-corrected chi connectivity index (χ4v) is 2.34. The lowest BCUT2D eigenvalue weighted by Gasteiger charge is -2.14. The SMILES string of the molecule is CC[C@H](CO)Nc1ncnc2c1cnn2-c1ccc(OC)cc1. The van der Waals surface area contributed by atoms with E-state index in [0.717, 1.165) is 23.2 Å². The number of nitrogens with one attached hydrogen (secondary N) is 1. The molecule has 23 heavy (non-hydrogen) atoms. The number of aromatic nitrogens is 4. The van der Waals surface area contributed by atoms with E-state index in [0.29, 0.717) is 11.5 Å². The van der Waals surface area contributed by atoms with E-state index in [1.807, 2.05) is 31.2 Å². The number of anilines is 1. The number of methoxy groups -OCH3 is 1. The summed E-state index contributed by atoms with van der Waals surface area (Å²) in [5.74, 6) is 1.46. The fraction of sp³-hybridized carbons (Fsp3) is 0.312. The number of aliphatic hydroxyl groups is 1. The van der Waals surface area contributed by atoms with Gasteiger partial charge in [-0.1, -0.05) is 6.92 Å². The van der Waals surface area contributed by atoms with Gasteiger partial charge in [0.05, 0.1) is 37.0 Å². The summed E-state index contributed by atoms with van der Waals surface area (Å²) in [4.78, 5) is 8.61. The second-order valence-electron chi connectivity index (χ2n) is 5.15. The van der Waals surface area contributed by atoms with E-state index in [1.165, 1.54) is 6.33 Å². The Hall–Kier alpha value is -2.67. The maximum absolute atomic E-state index is 9.35. The molecule has 0 spiro atoms. The Labute approximate surface area is 133 Å². The van der Waals surface area contributed by atoms with Crippen molar-refractivity contribution in [1.29, 1.82) is 0 Å². The molecule has 0 bridgehead atoms. The summed E-state index contributed by atoms with van der Waals surface area (Å²) < 4.78 is 6.92. The molecule has 7 heteroatoms. The largest absolute Gasteiger partial charge is 0.497 e. The van der Waals surface area contributed by atoms with Gasteiger partial charge in [0.2, 0.25) is 0 Å². The normalized spacial score (nSPS) is 12.3. The van der Waals surface area contributed by atoms with Crippen molar-refractivity contribution in [2.75, 3.05) is 19.0 Å². The van der Waals surface area contributed by atoms with Crippen LogP contribution in [0.3, 0.4) is 0 Å². The Bertz CT molecular complexity index is 781. The van der Waals surface area contributed by atoms with Gasteiger partial charge in [-0.2, -0.15) is 5.10 Å². The van der Waals surface area contributed by atoms with Gasteiger partial charge < -0.3 is 15.2 Å². The third-order valence-corrected chi connectivity index (χ3v) is 3.74. The van der Waals surface area contributed by atoms with Crippen molar-refractivity contribution >= 4 is 16.9 Å². The topological polar surface area (TPSA) is 85.1 Å². The molecule has 2 N–H and O–H groups in total. The molecule has 2 heterocycles. The van der Waals surface area contributed by atoms with E-state index >= 15 is 0 Å². The van der Waals surface area contributed by atoms with Gasteiger partial charge in [-0.15, -0.1) is 0 Å². The van der Waals surface area contributed by atoms with Gasteiger partial charge >= 0.3 is 0 Å². The lowest BCUT2D eigenvalue weighted by molar-refractivity contribution is 0.271. The van der Waals surface area contributed by atoms with Crippen LogP contribution in [0, 0.1) is 0 Å². The molecule has 0 aliphatic rings. The smallest absolute Gasteiger partial charge is 0.168 e. The van der Waals surface area contributed by atoms with E-state index < -0.39 is 0 Å². The molecule has 0 saturated heterocycles. The third-order valence-electron chi connectivity index (χ3n) is 3.74. The second-order valence-corrected chi connectivity index (χ2v) is 5.15. The molecule has 0 saturated carbocycles.